The lowest BCUT2D eigenvalue weighted by atomic mass is 10.0. The minimum Gasteiger partial charge on any atom is -0.497 e. The summed E-state index contributed by atoms with van der Waals surface area (Å²) in [5, 5.41) is 4.63. The molecule has 4 aromatic rings. The molecule has 36 heavy (non-hydrogen) atoms. The van der Waals surface area contributed by atoms with E-state index >= 15 is 0 Å². The number of aromatic nitrogens is 2. The fourth-order valence-electron chi connectivity index (χ4n) is 4.73. The molecule has 0 unspecified atom stereocenters. The molecule has 1 aromatic heterocycles. The Labute approximate surface area is 220 Å². The molecule has 8 heteroatoms. The predicted octanol–water partition coefficient (Wildman–Crippen LogP) is 6.66. The molecule has 3 aromatic carbocycles. The van der Waals surface area contributed by atoms with Gasteiger partial charge in [0.1, 0.15) is 11.6 Å². The quantitative estimate of drug-likeness (QED) is 0.278. The minimum absolute atomic E-state index is 0.249. The average Bonchev–Trinajstić information content (AvgIpc) is 3.20. The van der Waals surface area contributed by atoms with E-state index in [0.29, 0.717) is 22.6 Å². The minimum atomic E-state index is -0.249. The molecule has 1 N–H and O–H groups in total. The molecule has 1 aliphatic rings. The highest BCUT2D eigenvalue weighted by Gasteiger charge is 2.22. The van der Waals surface area contributed by atoms with E-state index in [4.69, 9.17) is 32.9 Å². The summed E-state index contributed by atoms with van der Waals surface area (Å²) in [6, 6.07) is 18.8. The third kappa shape index (κ3) is 5.77. The number of piperidine rings is 1. The molecule has 1 saturated heterocycles. The lowest BCUT2D eigenvalue weighted by Gasteiger charge is -2.32. The van der Waals surface area contributed by atoms with Gasteiger partial charge in [-0.15, -0.1) is 0 Å². The van der Waals surface area contributed by atoms with Crippen LogP contribution in [0.4, 0.5) is 10.3 Å². The first-order chi connectivity index (χ1) is 17.5. The lowest BCUT2D eigenvalue weighted by Crippen LogP contribution is -2.40. The summed E-state index contributed by atoms with van der Waals surface area (Å²) < 4.78 is 20.8. The predicted molar refractivity (Wildman–Crippen MR) is 145 cm³/mol. The van der Waals surface area contributed by atoms with Crippen molar-refractivity contribution in [3.8, 4) is 5.75 Å². The van der Waals surface area contributed by atoms with Gasteiger partial charge in [0.2, 0.25) is 5.95 Å². The Bertz CT molecular complexity index is 1320. The van der Waals surface area contributed by atoms with Gasteiger partial charge in [-0.2, -0.15) is 0 Å². The monoisotopic (exact) mass is 526 g/mol. The number of hydrogen-bond acceptors (Lipinski definition) is 4. The molecule has 0 spiro atoms. The smallest absolute Gasteiger partial charge is 0.204 e. The molecule has 0 bridgehead atoms. The summed E-state index contributed by atoms with van der Waals surface area (Å²) in [5.74, 6) is 1.42. The molecule has 5 rings (SSSR count). The second-order valence-electron chi connectivity index (χ2n) is 9.26. The third-order valence-electron chi connectivity index (χ3n) is 6.84. The van der Waals surface area contributed by atoms with E-state index in [9.17, 15) is 4.39 Å². The van der Waals surface area contributed by atoms with Gasteiger partial charge in [0, 0.05) is 25.7 Å². The van der Waals surface area contributed by atoms with Gasteiger partial charge in [-0.25, -0.2) is 9.37 Å². The Kier molecular flexibility index (Phi) is 7.65. The van der Waals surface area contributed by atoms with Gasteiger partial charge < -0.3 is 19.5 Å². The molecular weight excluding hydrogens is 498 g/mol. The average molecular weight is 527 g/mol. The number of imidazole rings is 1. The summed E-state index contributed by atoms with van der Waals surface area (Å²) in [5.41, 5.74) is 3.99. The van der Waals surface area contributed by atoms with Crippen LogP contribution in [0.1, 0.15) is 24.0 Å². The molecule has 0 aliphatic carbocycles. The Morgan fingerprint density at radius 3 is 2.33 bits per heavy atom. The highest BCUT2D eigenvalue weighted by molar-refractivity contribution is 6.42. The van der Waals surface area contributed by atoms with Crippen molar-refractivity contribution in [2.75, 3.05) is 32.1 Å². The van der Waals surface area contributed by atoms with Crippen LogP contribution in [0, 0.1) is 5.82 Å². The maximum atomic E-state index is 13.4. The first-order valence-electron chi connectivity index (χ1n) is 12.2. The van der Waals surface area contributed by atoms with Gasteiger partial charge in [-0.3, -0.25) is 0 Å². The zero-order valence-corrected chi connectivity index (χ0v) is 21.7. The van der Waals surface area contributed by atoms with Crippen LogP contribution in [0.5, 0.6) is 5.75 Å². The molecule has 1 fully saturated rings. The van der Waals surface area contributed by atoms with Crippen LogP contribution < -0.4 is 10.1 Å². The van der Waals surface area contributed by atoms with Crippen molar-refractivity contribution in [1.82, 2.24) is 14.5 Å². The van der Waals surface area contributed by atoms with Gasteiger partial charge in [-0.05, 0) is 66.8 Å². The number of halogens is 3. The van der Waals surface area contributed by atoms with Gasteiger partial charge in [0.15, 0.2) is 0 Å². The number of likely N-dealkylation sites (tertiary alicyclic amines) is 1. The van der Waals surface area contributed by atoms with Crippen LogP contribution >= 0.6 is 23.2 Å². The van der Waals surface area contributed by atoms with E-state index in [1.54, 1.807) is 25.3 Å². The molecule has 1 aliphatic heterocycles. The molecule has 5 nitrogen and oxygen atoms in total. The number of benzene rings is 3. The van der Waals surface area contributed by atoms with E-state index in [0.717, 1.165) is 67.2 Å². The van der Waals surface area contributed by atoms with Crippen molar-refractivity contribution in [1.29, 1.82) is 0 Å². The molecule has 0 atom stereocenters. The first kappa shape index (κ1) is 24.9. The van der Waals surface area contributed by atoms with Crippen molar-refractivity contribution in [2.45, 2.75) is 31.8 Å². The fourth-order valence-corrected chi connectivity index (χ4v) is 5.04. The van der Waals surface area contributed by atoms with Crippen molar-refractivity contribution < 1.29 is 9.13 Å². The Balaban J connectivity index is 1.26. The van der Waals surface area contributed by atoms with Crippen LogP contribution in [0.2, 0.25) is 10.0 Å². The number of nitrogens with zero attached hydrogens (tertiary/aromatic N) is 3. The summed E-state index contributed by atoms with van der Waals surface area (Å²) >= 11 is 12.6. The van der Waals surface area contributed by atoms with Gasteiger partial charge in [0.25, 0.3) is 0 Å². The summed E-state index contributed by atoms with van der Waals surface area (Å²) in [4.78, 5) is 7.36. The second kappa shape index (κ2) is 11.1. The van der Waals surface area contributed by atoms with Crippen LogP contribution in [0.25, 0.3) is 11.0 Å². The molecular formula is C28H29Cl2FN4O. The number of nitrogens with one attached hydrogen (secondary N) is 1. The van der Waals surface area contributed by atoms with Crippen LogP contribution in [-0.2, 0) is 13.0 Å². The van der Waals surface area contributed by atoms with Gasteiger partial charge in [0.05, 0.1) is 34.7 Å². The highest BCUT2D eigenvalue weighted by atomic mass is 35.5. The molecule has 2 heterocycles. The van der Waals surface area contributed by atoms with Gasteiger partial charge >= 0.3 is 0 Å². The van der Waals surface area contributed by atoms with E-state index in [-0.39, 0.29) is 5.82 Å². The van der Waals surface area contributed by atoms with Crippen molar-refractivity contribution in [2.24, 2.45) is 0 Å². The largest absolute Gasteiger partial charge is 0.497 e. The van der Waals surface area contributed by atoms with Crippen LogP contribution in [-0.4, -0.2) is 47.2 Å². The normalized spacial score (nSPS) is 14.9. The lowest BCUT2D eigenvalue weighted by molar-refractivity contribution is 0.221. The zero-order chi connectivity index (χ0) is 25.1. The number of anilines is 1. The van der Waals surface area contributed by atoms with Crippen molar-refractivity contribution in [3.63, 3.8) is 0 Å². The molecule has 188 valence electrons. The van der Waals surface area contributed by atoms with Crippen molar-refractivity contribution >= 4 is 40.2 Å². The summed E-state index contributed by atoms with van der Waals surface area (Å²) in [6.45, 7) is 3.66. The van der Waals surface area contributed by atoms with E-state index in [2.05, 4.69) is 26.9 Å². The maximum absolute atomic E-state index is 13.4. The number of rotatable bonds is 8. The molecule has 0 saturated carbocycles. The molecule has 0 amide bonds. The SMILES string of the molecule is COc1ccc(CCN2CCC(Nc3nc4cc(Cl)c(Cl)cc4n3Cc3ccc(F)cc3)CC2)cc1. The standard InChI is InChI=1S/C28H29Cl2FN4O/c1-36-23-8-4-19(5-9-23)10-13-34-14-11-22(12-15-34)32-28-33-26-16-24(29)25(30)17-27(26)35(28)18-20-2-6-21(31)7-3-20/h2-9,16-17,22H,10-15,18H2,1H3,(H,32,33). The van der Waals surface area contributed by atoms with Gasteiger partial charge in [-0.1, -0.05) is 47.5 Å². The summed E-state index contributed by atoms with van der Waals surface area (Å²) in [6.07, 6.45) is 3.09. The van der Waals surface area contributed by atoms with Crippen LogP contribution in [0.3, 0.4) is 0 Å². The highest BCUT2D eigenvalue weighted by Crippen LogP contribution is 2.31. The number of ether oxygens (including phenoxy) is 1. The summed E-state index contributed by atoms with van der Waals surface area (Å²) in [7, 11) is 1.69. The van der Waals surface area contributed by atoms with Crippen molar-refractivity contribution in [3.05, 3.63) is 87.7 Å². The first-order valence-corrected chi connectivity index (χ1v) is 13.0. The number of hydrogen-bond donors (Lipinski definition) is 1. The van der Waals surface area contributed by atoms with E-state index < -0.39 is 0 Å². The molecule has 0 radical (unpaired) electrons. The second-order valence-corrected chi connectivity index (χ2v) is 10.1. The van der Waals surface area contributed by atoms with E-state index in [1.807, 2.05) is 18.2 Å². The zero-order valence-electron chi connectivity index (χ0n) is 20.2. The van der Waals surface area contributed by atoms with Crippen LogP contribution in [0.15, 0.2) is 60.7 Å². The van der Waals surface area contributed by atoms with E-state index in [1.165, 1.54) is 17.7 Å². The number of fused-ring (bicyclic) bond motifs is 1. The Morgan fingerprint density at radius 1 is 0.972 bits per heavy atom. The third-order valence-corrected chi connectivity index (χ3v) is 7.56. The topological polar surface area (TPSA) is 42.3 Å². The maximum Gasteiger partial charge on any atom is 0.204 e. The Hall–Kier alpha value is -2.80. The Morgan fingerprint density at radius 2 is 1.64 bits per heavy atom. The number of methoxy groups -OCH3 is 1. The fraction of sp³-hybridized carbons (Fsp3) is 0.321.